The highest BCUT2D eigenvalue weighted by molar-refractivity contribution is 14.0. The summed E-state index contributed by atoms with van der Waals surface area (Å²) in [6.45, 7) is 9.32. The van der Waals surface area contributed by atoms with Crippen LogP contribution in [-0.4, -0.2) is 64.9 Å². The molecule has 1 fully saturated rings. The van der Waals surface area contributed by atoms with Crippen LogP contribution in [0.15, 0.2) is 4.99 Å². The molecule has 1 aliphatic rings. The van der Waals surface area contributed by atoms with E-state index in [1.807, 2.05) is 7.05 Å². The molecule has 2 N–H and O–H groups in total. The normalized spacial score (nSPS) is 16.9. The molecule has 0 aromatic carbocycles. The summed E-state index contributed by atoms with van der Waals surface area (Å²) in [7, 11) is 5.70. The maximum absolute atomic E-state index is 5.09. The smallest absolute Gasteiger partial charge is 0.191 e. The zero-order valence-electron chi connectivity index (χ0n) is 15.7. The summed E-state index contributed by atoms with van der Waals surface area (Å²) < 4.78 is 5.09. The third-order valence-electron chi connectivity index (χ3n) is 4.57. The molecule has 138 valence electrons. The molecule has 0 saturated heterocycles. The summed E-state index contributed by atoms with van der Waals surface area (Å²) in [5.41, 5.74) is 0.501. The maximum Gasteiger partial charge on any atom is 0.191 e. The van der Waals surface area contributed by atoms with Gasteiger partial charge >= 0.3 is 0 Å². The highest BCUT2D eigenvalue weighted by Gasteiger charge is 2.37. The standard InChI is InChI=1S/C17H36N4O.HI/c1-15(2)13-17(7-6-8-17)14-20-16(18-3)19-9-10-21(4)11-12-22-5;/h15H,6-14H2,1-5H3,(H2,18,19,20);1H. The molecule has 1 rings (SSSR count). The van der Waals surface area contributed by atoms with Crippen molar-refractivity contribution in [3.63, 3.8) is 0 Å². The minimum Gasteiger partial charge on any atom is -0.383 e. The Kier molecular flexibility index (Phi) is 12.3. The van der Waals surface area contributed by atoms with Gasteiger partial charge in [-0.1, -0.05) is 20.3 Å². The first-order valence-corrected chi connectivity index (χ1v) is 8.63. The molecule has 6 heteroatoms. The van der Waals surface area contributed by atoms with Crippen molar-refractivity contribution in [2.75, 3.05) is 54.0 Å². The van der Waals surface area contributed by atoms with Crippen LogP contribution in [0.25, 0.3) is 0 Å². The molecule has 1 aliphatic carbocycles. The summed E-state index contributed by atoms with van der Waals surface area (Å²) in [5, 5.41) is 6.94. The van der Waals surface area contributed by atoms with Gasteiger partial charge in [0.15, 0.2) is 5.96 Å². The number of methoxy groups -OCH3 is 1. The summed E-state index contributed by atoms with van der Waals surface area (Å²) in [6.07, 6.45) is 5.41. The summed E-state index contributed by atoms with van der Waals surface area (Å²) in [6, 6.07) is 0. The quantitative estimate of drug-likeness (QED) is 0.312. The van der Waals surface area contributed by atoms with Crippen LogP contribution in [0, 0.1) is 11.3 Å². The van der Waals surface area contributed by atoms with Gasteiger partial charge in [-0.05, 0) is 37.6 Å². The SMILES string of the molecule is CN=C(NCCN(C)CCOC)NCC1(CC(C)C)CCC1.I. The fraction of sp³-hybridized carbons (Fsp3) is 0.941. The first-order valence-electron chi connectivity index (χ1n) is 8.63. The average molecular weight is 440 g/mol. The summed E-state index contributed by atoms with van der Waals surface area (Å²) >= 11 is 0. The molecule has 0 unspecified atom stereocenters. The number of likely N-dealkylation sites (N-methyl/N-ethyl adjacent to an activating group) is 1. The molecule has 0 aromatic heterocycles. The van der Waals surface area contributed by atoms with Crippen LogP contribution in [-0.2, 0) is 4.74 Å². The van der Waals surface area contributed by atoms with Gasteiger partial charge in [0.25, 0.3) is 0 Å². The fourth-order valence-electron chi connectivity index (χ4n) is 3.21. The third-order valence-corrected chi connectivity index (χ3v) is 4.57. The molecule has 0 atom stereocenters. The van der Waals surface area contributed by atoms with E-state index in [1.165, 1.54) is 25.7 Å². The van der Waals surface area contributed by atoms with E-state index in [-0.39, 0.29) is 24.0 Å². The van der Waals surface area contributed by atoms with Crippen molar-refractivity contribution in [2.45, 2.75) is 39.5 Å². The highest BCUT2D eigenvalue weighted by atomic mass is 127. The van der Waals surface area contributed by atoms with E-state index in [2.05, 4.69) is 41.4 Å². The topological polar surface area (TPSA) is 48.9 Å². The van der Waals surface area contributed by atoms with Gasteiger partial charge in [-0.25, -0.2) is 0 Å². The molecular formula is C17H37IN4O. The predicted octanol–water partition coefficient (Wildman–Crippen LogP) is 2.56. The predicted molar refractivity (Wildman–Crippen MR) is 110 cm³/mol. The molecular weight excluding hydrogens is 403 g/mol. The zero-order chi connectivity index (χ0) is 16.4. The Bertz CT molecular complexity index is 333. The van der Waals surface area contributed by atoms with Gasteiger partial charge in [-0.2, -0.15) is 0 Å². The molecule has 0 bridgehead atoms. The van der Waals surface area contributed by atoms with E-state index >= 15 is 0 Å². The number of ether oxygens (including phenoxy) is 1. The second kappa shape index (κ2) is 12.3. The van der Waals surface area contributed by atoms with E-state index in [9.17, 15) is 0 Å². The zero-order valence-corrected chi connectivity index (χ0v) is 18.0. The minimum atomic E-state index is 0. The van der Waals surface area contributed by atoms with Gasteiger partial charge < -0.3 is 20.3 Å². The first kappa shape index (κ1) is 22.9. The molecule has 0 aliphatic heterocycles. The van der Waals surface area contributed by atoms with Crippen molar-refractivity contribution in [1.29, 1.82) is 0 Å². The van der Waals surface area contributed by atoms with Crippen molar-refractivity contribution in [3.8, 4) is 0 Å². The number of nitrogens with zero attached hydrogens (tertiary/aromatic N) is 2. The van der Waals surface area contributed by atoms with Crippen LogP contribution >= 0.6 is 24.0 Å². The molecule has 0 spiro atoms. The minimum absolute atomic E-state index is 0. The lowest BCUT2D eigenvalue weighted by molar-refractivity contribution is 0.104. The van der Waals surface area contributed by atoms with E-state index in [4.69, 9.17) is 4.74 Å². The van der Waals surface area contributed by atoms with Crippen molar-refractivity contribution in [1.82, 2.24) is 15.5 Å². The monoisotopic (exact) mass is 440 g/mol. The van der Waals surface area contributed by atoms with Crippen molar-refractivity contribution in [3.05, 3.63) is 0 Å². The van der Waals surface area contributed by atoms with Gasteiger partial charge in [0.2, 0.25) is 0 Å². The third kappa shape index (κ3) is 9.10. The van der Waals surface area contributed by atoms with Gasteiger partial charge in [0, 0.05) is 40.3 Å². The molecule has 23 heavy (non-hydrogen) atoms. The fourth-order valence-corrected chi connectivity index (χ4v) is 3.21. The summed E-state index contributed by atoms with van der Waals surface area (Å²) in [5.74, 6) is 1.70. The second-order valence-corrected chi connectivity index (χ2v) is 7.10. The number of aliphatic imine (C=N–C) groups is 1. The number of hydrogen-bond acceptors (Lipinski definition) is 3. The van der Waals surface area contributed by atoms with Gasteiger partial charge in [0.05, 0.1) is 6.61 Å². The molecule has 0 aromatic rings. The van der Waals surface area contributed by atoms with Crippen molar-refractivity contribution < 1.29 is 4.74 Å². The van der Waals surface area contributed by atoms with E-state index in [0.29, 0.717) is 5.41 Å². The van der Waals surface area contributed by atoms with Crippen LogP contribution in [0.4, 0.5) is 0 Å². The number of nitrogens with one attached hydrogen (secondary N) is 2. The number of rotatable bonds is 10. The largest absolute Gasteiger partial charge is 0.383 e. The lowest BCUT2D eigenvalue weighted by Crippen LogP contribution is -2.48. The van der Waals surface area contributed by atoms with Crippen LogP contribution < -0.4 is 10.6 Å². The Labute approximate surface area is 160 Å². The second-order valence-electron chi connectivity index (χ2n) is 7.10. The molecule has 0 amide bonds. The molecule has 1 saturated carbocycles. The Morgan fingerprint density at radius 2 is 1.96 bits per heavy atom. The van der Waals surface area contributed by atoms with Gasteiger partial charge in [-0.3, -0.25) is 4.99 Å². The van der Waals surface area contributed by atoms with Gasteiger partial charge in [-0.15, -0.1) is 24.0 Å². The van der Waals surface area contributed by atoms with Crippen LogP contribution in [0.5, 0.6) is 0 Å². The lowest BCUT2D eigenvalue weighted by atomic mass is 9.64. The number of hydrogen-bond donors (Lipinski definition) is 2. The molecule has 0 heterocycles. The highest BCUT2D eigenvalue weighted by Crippen LogP contribution is 2.45. The maximum atomic E-state index is 5.09. The van der Waals surface area contributed by atoms with Crippen LogP contribution in [0.3, 0.4) is 0 Å². The Hall–Kier alpha value is -0.0800. The Balaban J connectivity index is 0.00000484. The Morgan fingerprint density at radius 3 is 2.43 bits per heavy atom. The van der Waals surface area contributed by atoms with Crippen molar-refractivity contribution in [2.24, 2.45) is 16.3 Å². The van der Waals surface area contributed by atoms with E-state index < -0.39 is 0 Å². The Morgan fingerprint density at radius 1 is 1.26 bits per heavy atom. The average Bonchev–Trinajstić information content (AvgIpc) is 2.45. The lowest BCUT2D eigenvalue weighted by Gasteiger charge is -2.43. The first-order chi connectivity index (χ1) is 10.5. The van der Waals surface area contributed by atoms with Gasteiger partial charge in [0.1, 0.15) is 0 Å². The molecule has 5 nitrogen and oxygen atoms in total. The van der Waals surface area contributed by atoms with E-state index in [0.717, 1.165) is 44.7 Å². The number of halogens is 1. The summed E-state index contributed by atoms with van der Waals surface area (Å²) in [4.78, 5) is 6.60. The van der Waals surface area contributed by atoms with Crippen LogP contribution in [0.2, 0.25) is 0 Å². The number of guanidine groups is 1. The van der Waals surface area contributed by atoms with Crippen LogP contribution in [0.1, 0.15) is 39.5 Å². The molecule has 0 radical (unpaired) electrons. The van der Waals surface area contributed by atoms with Crippen molar-refractivity contribution >= 4 is 29.9 Å². The van der Waals surface area contributed by atoms with E-state index in [1.54, 1.807) is 7.11 Å².